The zero-order valence-corrected chi connectivity index (χ0v) is 15.4. The van der Waals surface area contributed by atoms with Gasteiger partial charge in [-0.1, -0.05) is 31.0 Å². The molecule has 4 aliphatic rings. The molecule has 3 heteroatoms. The first kappa shape index (κ1) is 16.6. The highest BCUT2D eigenvalue weighted by Gasteiger charge is 2.45. The Bertz CT molecular complexity index is 707. The molecule has 5 rings (SSSR count). The van der Waals surface area contributed by atoms with E-state index in [1.54, 1.807) is 0 Å². The Morgan fingerprint density at radius 1 is 1.00 bits per heavy atom. The lowest BCUT2D eigenvalue weighted by Crippen LogP contribution is -2.45. The zero-order valence-electron chi connectivity index (χ0n) is 15.4. The van der Waals surface area contributed by atoms with Gasteiger partial charge in [0.1, 0.15) is 6.10 Å². The fraction of sp³-hybridized carbons (Fsp3) is 0.609. The van der Waals surface area contributed by atoms with Crippen LogP contribution in [0.4, 0.5) is 0 Å². The molecule has 2 saturated carbocycles. The van der Waals surface area contributed by atoms with Crippen LogP contribution in [0, 0.1) is 17.8 Å². The molecular weight excluding hydrogens is 324 g/mol. The van der Waals surface area contributed by atoms with E-state index >= 15 is 0 Å². The van der Waals surface area contributed by atoms with E-state index in [-0.39, 0.29) is 12.1 Å². The van der Waals surface area contributed by atoms with Crippen LogP contribution in [0.15, 0.2) is 41.5 Å². The number of carbonyl (C=O) groups excluding carboxylic acids is 1. The number of ether oxygens (including phenoxy) is 2. The van der Waals surface area contributed by atoms with Gasteiger partial charge < -0.3 is 9.47 Å². The van der Waals surface area contributed by atoms with Gasteiger partial charge in [-0.2, -0.15) is 0 Å². The maximum atomic E-state index is 12.9. The third kappa shape index (κ3) is 2.90. The second-order valence-corrected chi connectivity index (χ2v) is 8.62. The highest BCUT2D eigenvalue weighted by molar-refractivity contribution is 5.89. The number of hydrogen-bond acceptors (Lipinski definition) is 3. The second-order valence-electron chi connectivity index (χ2n) is 8.62. The minimum Gasteiger partial charge on any atom is -0.454 e. The summed E-state index contributed by atoms with van der Waals surface area (Å²) in [5, 5.41) is 0. The summed E-state index contributed by atoms with van der Waals surface area (Å²) in [4.78, 5) is 12.9. The molecule has 1 aliphatic heterocycles. The molecule has 5 unspecified atom stereocenters. The normalized spacial score (nSPS) is 36.1. The van der Waals surface area contributed by atoms with Crippen LogP contribution in [0.1, 0.15) is 61.7 Å². The number of fused-ring (bicyclic) bond motifs is 4. The van der Waals surface area contributed by atoms with Crippen molar-refractivity contribution in [3.63, 3.8) is 0 Å². The fourth-order valence-corrected chi connectivity index (χ4v) is 5.77. The molecule has 0 radical (unpaired) electrons. The smallest absolute Gasteiger partial charge is 0.338 e. The highest BCUT2D eigenvalue weighted by Crippen LogP contribution is 2.49. The highest BCUT2D eigenvalue weighted by atomic mass is 16.5. The van der Waals surface area contributed by atoms with Gasteiger partial charge in [-0.3, -0.25) is 0 Å². The van der Waals surface area contributed by atoms with E-state index in [4.69, 9.17) is 9.47 Å². The summed E-state index contributed by atoms with van der Waals surface area (Å²) in [7, 11) is 0. The molecule has 138 valence electrons. The van der Waals surface area contributed by atoms with Crippen LogP contribution in [0.5, 0.6) is 0 Å². The Morgan fingerprint density at radius 3 is 2.65 bits per heavy atom. The molecule has 3 fully saturated rings. The van der Waals surface area contributed by atoms with Crippen LogP contribution in [-0.2, 0) is 9.47 Å². The van der Waals surface area contributed by atoms with Gasteiger partial charge in [0.25, 0.3) is 0 Å². The van der Waals surface area contributed by atoms with Crippen molar-refractivity contribution in [1.29, 1.82) is 0 Å². The Morgan fingerprint density at radius 2 is 1.85 bits per heavy atom. The first-order chi connectivity index (χ1) is 12.8. The van der Waals surface area contributed by atoms with Crippen molar-refractivity contribution >= 4 is 5.97 Å². The van der Waals surface area contributed by atoms with Crippen molar-refractivity contribution in [3.05, 3.63) is 47.0 Å². The summed E-state index contributed by atoms with van der Waals surface area (Å²) in [5.41, 5.74) is 3.60. The van der Waals surface area contributed by atoms with Crippen LogP contribution >= 0.6 is 0 Å². The fourth-order valence-electron chi connectivity index (χ4n) is 5.77. The molecule has 1 heterocycles. The molecular formula is C23H28O3. The summed E-state index contributed by atoms with van der Waals surface area (Å²) < 4.78 is 12.1. The van der Waals surface area contributed by atoms with Crippen molar-refractivity contribution < 1.29 is 14.3 Å². The van der Waals surface area contributed by atoms with Gasteiger partial charge in [0.2, 0.25) is 0 Å². The lowest BCUT2D eigenvalue weighted by Gasteiger charge is -2.47. The maximum absolute atomic E-state index is 12.9. The second kappa shape index (κ2) is 6.84. The van der Waals surface area contributed by atoms with Crippen molar-refractivity contribution in [1.82, 2.24) is 0 Å². The molecule has 5 atom stereocenters. The maximum Gasteiger partial charge on any atom is 0.338 e. The minimum absolute atomic E-state index is 0.0301. The van der Waals surface area contributed by atoms with Crippen molar-refractivity contribution in [2.45, 2.75) is 63.6 Å². The zero-order chi connectivity index (χ0) is 17.5. The summed E-state index contributed by atoms with van der Waals surface area (Å²) in [5.74, 6) is 1.76. The summed E-state index contributed by atoms with van der Waals surface area (Å²) in [6.45, 7) is 0.756. The third-order valence-corrected chi connectivity index (χ3v) is 7.14. The Kier molecular flexibility index (Phi) is 4.36. The average molecular weight is 352 g/mol. The van der Waals surface area contributed by atoms with Gasteiger partial charge >= 0.3 is 5.97 Å². The van der Waals surface area contributed by atoms with E-state index in [9.17, 15) is 4.79 Å². The standard InChI is InChI=1S/C23H28O3/c24-23(17-6-2-1-3-7-17)26-22-18-8-4-5-15(13-18)9-10-16-11-12-20-19(14-25-20)21(16)22/h1-3,6-7,15-16,18,20,22H,4-5,8-14H2. The van der Waals surface area contributed by atoms with Crippen LogP contribution in [0.3, 0.4) is 0 Å². The largest absolute Gasteiger partial charge is 0.454 e. The Labute approximate surface area is 155 Å². The van der Waals surface area contributed by atoms with Gasteiger partial charge in [0.05, 0.1) is 18.3 Å². The van der Waals surface area contributed by atoms with E-state index in [0.717, 1.165) is 18.9 Å². The number of esters is 1. The van der Waals surface area contributed by atoms with Crippen molar-refractivity contribution in [3.8, 4) is 0 Å². The third-order valence-electron chi connectivity index (χ3n) is 7.14. The molecule has 1 aromatic rings. The van der Waals surface area contributed by atoms with Crippen LogP contribution < -0.4 is 0 Å². The number of hydrogen-bond donors (Lipinski definition) is 0. The number of benzene rings is 1. The molecule has 1 saturated heterocycles. The van der Waals surface area contributed by atoms with Crippen LogP contribution in [0.2, 0.25) is 0 Å². The van der Waals surface area contributed by atoms with Crippen molar-refractivity contribution in [2.75, 3.05) is 6.61 Å². The quantitative estimate of drug-likeness (QED) is 0.560. The van der Waals surface area contributed by atoms with Gasteiger partial charge in [0, 0.05) is 5.92 Å². The van der Waals surface area contributed by atoms with Gasteiger partial charge in [0.15, 0.2) is 0 Å². The van der Waals surface area contributed by atoms with Gasteiger partial charge in [-0.15, -0.1) is 0 Å². The van der Waals surface area contributed by atoms with E-state index in [0.29, 0.717) is 23.5 Å². The van der Waals surface area contributed by atoms with Gasteiger partial charge in [-0.05, 0) is 73.6 Å². The molecule has 0 N–H and O–H groups in total. The van der Waals surface area contributed by atoms with Crippen molar-refractivity contribution in [2.24, 2.45) is 17.8 Å². The number of carbonyl (C=O) groups is 1. The molecule has 0 aromatic heterocycles. The minimum atomic E-state index is -0.160. The lowest BCUT2D eigenvalue weighted by molar-refractivity contribution is -0.0261. The SMILES string of the molecule is O=C(OC1C2=C3COC3CCC2CCC2CCCC1C2)c1ccccc1. The summed E-state index contributed by atoms with van der Waals surface area (Å²) in [6, 6.07) is 9.48. The topological polar surface area (TPSA) is 35.5 Å². The Hall–Kier alpha value is -1.61. The van der Waals surface area contributed by atoms with E-state index < -0.39 is 0 Å². The average Bonchev–Trinajstić information content (AvgIpc) is 2.66. The van der Waals surface area contributed by atoms with E-state index in [2.05, 4.69) is 0 Å². The molecule has 2 bridgehead atoms. The molecule has 3 aliphatic carbocycles. The van der Waals surface area contributed by atoms with Gasteiger partial charge in [-0.25, -0.2) is 4.79 Å². The predicted molar refractivity (Wildman–Crippen MR) is 99.8 cm³/mol. The first-order valence-electron chi connectivity index (χ1n) is 10.4. The lowest BCUT2D eigenvalue weighted by atomic mass is 9.65. The molecule has 1 aromatic carbocycles. The Balaban J connectivity index is 1.49. The molecule has 0 spiro atoms. The van der Waals surface area contributed by atoms with E-state index in [1.165, 1.54) is 56.1 Å². The van der Waals surface area contributed by atoms with Crippen LogP contribution in [0.25, 0.3) is 0 Å². The molecule has 0 amide bonds. The molecule has 3 nitrogen and oxygen atoms in total. The monoisotopic (exact) mass is 352 g/mol. The summed E-state index contributed by atoms with van der Waals surface area (Å²) >= 11 is 0. The van der Waals surface area contributed by atoms with Crippen LogP contribution in [-0.4, -0.2) is 24.8 Å². The number of rotatable bonds is 2. The van der Waals surface area contributed by atoms with E-state index in [1.807, 2.05) is 30.3 Å². The molecule has 26 heavy (non-hydrogen) atoms. The first-order valence-corrected chi connectivity index (χ1v) is 10.4. The predicted octanol–water partition coefficient (Wildman–Crippen LogP) is 4.92. The summed E-state index contributed by atoms with van der Waals surface area (Å²) in [6.07, 6.45) is 10.3.